The number of rotatable bonds is 5. The minimum absolute atomic E-state index is 0.0271. The molecule has 2 aromatic carbocycles. The minimum atomic E-state index is -0.450. The molecule has 28 heavy (non-hydrogen) atoms. The van der Waals surface area contributed by atoms with Gasteiger partial charge < -0.3 is 13.9 Å². The maximum atomic E-state index is 12.5. The van der Waals surface area contributed by atoms with Crippen LogP contribution in [-0.4, -0.2) is 10.7 Å². The highest BCUT2D eigenvalue weighted by Crippen LogP contribution is 2.35. The number of furan rings is 1. The van der Waals surface area contributed by atoms with Crippen molar-refractivity contribution in [3.63, 3.8) is 0 Å². The van der Waals surface area contributed by atoms with Crippen molar-refractivity contribution >= 4 is 17.5 Å². The number of ketones is 1. The Morgan fingerprint density at radius 3 is 2.57 bits per heavy atom. The number of carbonyl (C=O) groups excluding carboxylic acids is 1. The molecule has 0 aliphatic carbocycles. The lowest BCUT2D eigenvalue weighted by molar-refractivity contribution is -0.384. The number of non-ortho nitro benzene ring substituents is 1. The molecule has 0 fully saturated rings. The number of nitrogens with zero attached hydrogens (tertiary/aromatic N) is 1. The van der Waals surface area contributed by atoms with Gasteiger partial charge in [0.15, 0.2) is 5.76 Å². The van der Waals surface area contributed by atoms with Crippen molar-refractivity contribution in [2.75, 3.05) is 0 Å². The number of fused-ring (bicyclic) bond motifs is 1. The van der Waals surface area contributed by atoms with Crippen LogP contribution < -0.4 is 9.47 Å². The van der Waals surface area contributed by atoms with Crippen molar-refractivity contribution in [3.8, 4) is 11.5 Å². The summed E-state index contributed by atoms with van der Waals surface area (Å²) in [6.07, 6.45) is 1.56. The van der Waals surface area contributed by atoms with Crippen LogP contribution in [0, 0.1) is 17.0 Å². The molecule has 0 unspecified atom stereocenters. The third kappa shape index (κ3) is 3.50. The lowest BCUT2D eigenvalue weighted by Gasteiger charge is -2.07. The van der Waals surface area contributed by atoms with E-state index in [0.717, 1.165) is 11.3 Å². The van der Waals surface area contributed by atoms with Crippen LogP contribution in [0.2, 0.25) is 0 Å². The average molecular weight is 377 g/mol. The molecule has 4 rings (SSSR count). The molecule has 0 atom stereocenters. The molecule has 0 amide bonds. The first-order valence-corrected chi connectivity index (χ1v) is 8.50. The first kappa shape index (κ1) is 17.5. The van der Waals surface area contributed by atoms with Crippen LogP contribution in [-0.2, 0) is 6.61 Å². The molecule has 1 aliphatic heterocycles. The summed E-state index contributed by atoms with van der Waals surface area (Å²) in [5.74, 6) is 2.21. The monoisotopic (exact) mass is 377 g/mol. The topological polar surface area (TPSA) is 91.8 Å². The lowest BCUT2D eigenvalue weighted by atomic mass is 10.1. The number of benzene rings is 2. The highest BCUT2D eigenvalue weighted by atomic mass is 16.6. The smallest absolute Gasteiger partial charge is 0.269 e. The molecular formula is C21H15NO6. The lowest BCUT2D eigenvalue weighted by Crippen LogP contribution is -1.97. The van der Waals surface area contributed by atoms with Gasteiger partial charge in [0.05, 0.1) is 10.5 Å². The predicted octanol–water partition coefficient (Wildman–Crippen LogP) is 4.69. The summed E-state index contributed by atoms with van der Waals surface area (Å²) < 4.78 is 16.8. The fraction of sp³-hybridized carbons (Fsp3) is 0.0952. The SMILES string of the molecule is Cc1ccc(C=C2Oc3cc(OCc4ccc([N+](=O)[O-])cc4)ccc3C2=O)o1. The zero-order chi connectivity index (χ0) is 19.7. The maximum Gasteiger partial charge on any atom is 0.269 e. The third-order valence-electron chi connectivity index (χ3n) is 4.23. The molecule has 0 saturated carbocycles. The van der Waals surface area contributed by atoms with Crippen LogP contribution in [0.5, 0.6) is 11.5 Å². The summed E-state index contributed by atoms with van der Waals surface area (Å²) in [6, 6.07) is 14.7. The molecule has 7 heteroatoms. The first-order valence-electron chi connectivity index (χ1n) is 8.50. The van der Waals surface area contributed by atoms with E-state index in [9.17, 15) is 14.9 Å². The van der Waals surface area contributed by atoms with E-state index in [0.29, 0.717) is 22.8 Å². The van der Waals surface area contributed by atoms with Crippen molar-refractivity contribution in [3.05, 3.63) is 93.1 Å². The minimum Gasteiger partial charge on any atom is -0.489 e. The molecule has 7 nitrogen and oxygen atoms in total. The van der Waals surface area contributed by atoms with Crippen molar-refractivity contribution in [1.82, 2.24) is 0 Å². The number of Topliss-reactive ketones (excluding diaryl/α,β-unsaturated/α-hetero) is 1. The highest BCUT2D eigenvalue weighted by molar-refractivity contribution is 6.14. The normalized spacial score (nSPS) is 14.0. The van der Waals surface area contributed by atoms with Gasteiger partial charge in [-0.2, -0.15) is 0 Å². The number of carbonyl (C=O) groups is 1. The standard InChI is InChI=1S/C21H15NO6/c1-13-2-7-17(27-13)11-20-21(23)18-9-8-16(10-19(18)28-20)26-12-14-3-5-15(6-4-14)22(24)25/h2-11H,12H2,1H3. The number of ether oxygens (including phenoxy) is 2. The van der Waals surface area contributed by atoms with Gasteiger partial charge in [-0.1, -0.05) is 0 Å². The van der Waals surface area contributed by atoms with Crippen LogP contribution in [0.15, 0.2) is 64.8 Å². The number of hydrogen-bond acceptors (Lipinski definition) is 6. The van der Waals surface area contributed by atoms with E-state index in [2.05, 4.69) is 0 Å². The summed E-state index contributed by atoms with van der Waals surface area (Å²) in [4.78, 5) is 22.7. The third-order valence-corrected chi connectivity index (χ3v) is 4.23. The molecule has 2 heterocycles. The van der Waals surface area contributed by atoms with Crippen molar-refractivity contribution < 1.29 is 23.6 Å². The molecular weight excluding hydrogens is 362 g/mol. The average Bonchev–Trinajstić information content (AvgIpc) is 3.23. The summed E-state index contributed by atoms with van der Waals surface area (Å²) in [6.45, 7) is 2.06. The van der Waals surface area contributed by atoms with E-state index in [1.165, 1.54) is 12.1 Å². The second kappa shape index (κ2) is 7.03. The molecule has 140 valence electrons. The molecule has 3 aromatic rings. The molecule has 0 bridgehead atoms. The highest BCUT2D eigenvalue weighted by Gasteiger charge is 2.28. The number of hydrogen-bond donors (Lipinski definition) is 0. The van der Waals surface area contributed by atoms with Crippen LogP contribution in [0.4, 0.5) is 5.69 Å². The first-order chi connectivity index (χ1) is 13.5. The number of allylic oxidation sites excluding steroid dienone is 1. The molecule has 0 radical (unpaired) electrons. The Balaban J connectivity index is 1.47. The summed E-state index contributed by atoms with van der Waals surface area (Å²) >= 11 is 0. The van der Waals surface area contributed by atoms with Gasteiger partial charge in [-0.25, -0.2) is 0 Å². The Morgan fingerprint density at radius 1 is 1.11 bits per heavy atom. The Morgan fingerprint density at radius 2 is 1.89 bits per heavy atom. The quantitative estimate of drug-likeness (QED) is 0.364. The van der Waals surface area contributed by atoms with Crippen molar-refractivity contribution in [2.45, 2.75) is 13.5 Å². The summed E-state index contributed by atoms with van der Waals surface area (Å²) in [5, 5.41) is 10.7. The zero-order valence-corrected chi connectivity index (χ0v) is 14.9. The van der Waals surface area contributed by atoms with Gasteiger partial charge in [-0.05, 0) is 48.9 Å². The fourth-order valence-corrected chi connectivity index (χ4v) is 2.80. The molecule has 1 aromatic heterocycles. The van der Waals surface area contributed by atoms with Crippen LogP contribution in [0.25, 0.3) is 6.08 Å². The van der Waals surface area contributed by atoms with Gasteiger partial charge in [0, 0.05) is 24.3 Å². The summed E-state index contributed by atoms with van der Waals surface area (Å²) in [5.41, 5.74) is 1.27. The number of nitro groups is 1. The van der Waals surface area contributed by atoms with E-state index >= 15 is 0 Å². The zero-order valence-electron chi connectivity index (χ0n) is 14.9. The van der Waals surface area contributed by atoms with Gasteiger partial charge in [0.1, 0.15) is 29.6 Å². The second-order valence-corrected chi connectivity index (χ2v) is 6.26. The summed E-state index contributed by atoms with van der Waals surface area (Å²) in [7, 11) is 0. The van der Waals surface area contributed by atoms with Gasteiger partial charge in [0.25, 0.3) is 5.69 Å². The molecule has 0 spiro atoms. The van der Waals surface area contributed by atoms with Gasteiger partial charge in [0.2, 0.25) is 5.78 Å². The molecule has 1 aliphatic rings. The van der Waals surface area contributed by atoms with E-state index in [-0.39, 0.29) is 23.8 Å². The van der Waals surface area contributed by atoms with Crippen molar-refractivity contribution in [2.24, 2.45) is 0 Å². The van der Waals surface area contributed by atoms with Gasteiger partial charge >= 0.3 is 0 Å². The van der Waals surface area contributed by atoms with E-state index in [1.54, 1.807) is 42.5 Å². The van der Waals surface area contributed by atoms with Crippen LogP contribution in [0.3, 0.4) is 0 Å². The Bertz CT molecular complexity index is 1090. The fourth-order valence-electron chi connectivity index (χ4n) is 2.80. The van der Waals surface area contributed by atoms with Crippen LogP contribution >= 0.6 is 0 Å². The number of aryl methyl sites for hydroxylation is 1. The number of nitro benzene ring substituents is 1. The van der Waals surface area contributed by atoms with E-state index in [4.69, 9.17) is 13.9 Å². The largest absolute Gasteiger partial charge is 0.489 e. The maximum absolute atomic E-state index is 12.5. The van der Waals surface area contributed by atoms with Gasteiger partial charge in [-0.15, -0.1) is 0 Å². The predicted molar refractivity (Wildman–Crippen MR) is 100 cm³/mol. The Hall–Kier alpha value is -3.87. The van der Waals surface area contributed by atoms with E-state index in [1.807, 2.05) is 13.0 Å². The second-order valence-electron chi connectivity index (χ2n) is 6.26. The molecule has 0 N–H and O–H groups in total. The van der Waals surface area contributed by atoms with E-state index < -0.39 is 4.92 Å². The van der Waals surface area contributed by atoms with Crippen LogP contribution in [0.1, 0.15) is 27.4 Å². The molecule has 0 saturated heterocycles. The van der Waals surface area contributed by atoms with Crippen molar-refractivity contribution in [1.29, 1.82) is 0 Å². The van der Waals surface area contributed by atoms with Gasteiger partial charge in [-0.3, -0.25) is 14.9 Å². The Kier molecular flexibility index (Phi) is 4.41. The Labute approximate surface area is 160 Å².